The molecule has 0 spiro atoms. The normalized spacial score (nSPS) is 22.4. The summed E-state index contributed by atoms with van der Waals surface area (Å²) in [4.78, 5) is 20.4. The lowest BCUT2D eigenvalue weighted by molar-refractivity contribution is -0.163. The van der Waals surface area contributed by atoms with Gasteiger partial charge >= 0.3 is 5.97 Å². The van der Waals surface area contributed by atoms with Gasteiger partial charge < -0.3 is 5.11 Å². The zero-order chi connectivity index (χ0) is 8.65. The van der Waals surface area contributed by atoms with E-state index in [1.165, 1.54) is 0 Å². The molecule has 11 heavy (non-hydrogen) atoms. The van der Waals surface area contributed by atoms with Gasteiger partial charge in [0, 0.05) is 18.8 Å². The number of aliphatic carboxylic acids is 1. The molecule has 0 amide bonds. The van der Waals surface area contributed by atoms with E-state index in [-0.39, 0.29) is 0 Å². The second-order valence-electron chi connectivity index (χ2n) is 2.63. The maximum absolute atomic E-state index is 12.1. The largest absolute Gasteiger partial charge is 0.475 e. The van der Waals surface area contributed by atoms with Gasteiger partial charge in [0.05, 0.1) is 0 Å². The number of Topliss-reactive ketones (excluding diaryl/α,β-unsaturated/α-hetero) is 1. The second-order valence-corrected chi connectivity index (χ2v) is 2.63. The molecule has 0 heterocycles. The molecule has 0 saturated heterocycles. The van der Waals surface area contributed by atoms with Gasteiger partial charge in [-0.05, 0) is 0 Å². The number of carbonyl (C=O) groups excluding carboxylic acids is 1. The molecule has 5 heteroatoms. The van der Waals surface area contributed by atoms with Gasteiger partial charge in [0.2, 0.25) is 11.7 Å². The van der Waals surface area contributed by atoms with Crippen molar-refractivity contribution >= 4 is 11.8 Å². The smallest absolute Gasteiger partial charge is 0.372 e. The lowest BCUT2D eigenvalue weighted by atomic mass is 9.78. The molecule has 1 saturated carbocycles. The Balaban J connectivity index is 2.45. The van der Waals surface area contributed by atoms with E-state index in [0.717, 1.165) is 0 Å². The maximum atomic E-state index is 12.1. The number of ketones is 1. The Morgan fingerprint density at radius 2 is 1.82 bits per heavy atom. The van der Waals surface area contributed by atoms with Gasteiger partial charge in [-0.25, -0.2) is 13.6 Å². The first-order valence-electron chi connectivity index (χ1n) is 3.07. The van der Waals surface area contributed by atoms with Crippen molar-refractivity contribution in [1.82, 2.24) is 0 Å². The van der Waals surface area contributed by atoms with Gasteiger partial charge in [-0.1, -0.05) is 0 Å². The highest BCUT2D eigenvalue weighted by Crippen LogP contribution is 2.42. The van der Waals surface area contributed by atoms with Crippen LogP contribution in [0.2, 0.25) is 0 Å². The Bertz CT molecular complexity index is 204. The second kappa shape index (κ2) is 2.25. The monoisotopic (exact) mass is 164 g/mol. The first-order chi connectivity index (χ1) is 4.92. The quantitative estimate of drug-likeness (QED) is 0.610. The summed E-state index contributed by atoms with van der Waals surface area (Å²) in [6.07, 6.45) is -1.23. The third-order valence-corrected chi connectivity index (χ3v) is 1.67. The standard InChI is InChI=1S/C6H6F2O3/c7-6(8)1-3(2-6)4(9)5(10)11/h3H,1-2H2,(H,10,11). The summed E-state index contributed by atoms with van der Waals surface area (Å²) in [5, 5.41) is 8.09. The molecule has 0 bridgehead atoms. The van der Waals surface area contributed by atoms with Gasteiger partial charge in [-0.15, -0.1) is 0 Å². The number of carboxylic acid groups (broad SMARTS) is 1. The molecule has 1 aliphatic carbocycles. The van der Waals surface area contributed by atoms with Crippen LogP contribution >= 0.6 is 0 Å². The van der Waals surface area contributed by atoms with Crippen molar-refractivity contribution in [2.24, 2.45) is 5.92 Å². The Labute approximate surface area is 61.0 Å². The lowest BCUT2D eigenvalue weighted by Crippen LogP contribution is -2.42. The summed E-state index contributed by atoms with van der Waals surface area (Å²) < 4.78 is 24.1. The van der Waals surface area contributed by atoms with E-state index >= 15 is 0 Å². The van der Waals surface area contributed by atoms with Crippen LogP contribution < -0.4 is 0 Å². The van der Waals surface area contributed by atoms with E-state index < -0.39 is 36.4 Å². The fourth-order valence-corrected chi connectivity index (χ4v) is 1.02. The molecule has 0 aromatic rings. The predicted molar refractivity (Wildman–Crippen MR) is 30.3 cm³/mol. The van der Waals surface area contributed by atoms with E-state index in [4.69, 9.17) is 5.11 Å². The zero-order valence-electron chi connectivity index (χ0n) is 5.51. The number of carbonyl (C=O) groups is 2. The van der Waals surface area contributed by atoms with E-state index in [1.807, 2.05) is 0 Å². The highest BCUT2D eigenvalue weighted by Gasteiger charge is 2.50. The average molecular weight is 164 g/mol. The maximum Gasteiger partial charge on any atom is 0.372 e. The summed E-state index contributed by atoms with van der Waals surface area (Å²) in [6.45, 7) is 0. The van der Waals surface area contributed by atoms with Crippen LogP contribution in [0, 0.1) is 5.92 Å². The number of alkyl halides is 2. The van der Waals surface area contributed by atoms with Crippen molar-refractivity contribution < 1.29 is 23.5 Å². The van der Waals surface area contributed by atoms with Crippen molar-refractivity contribution in [2.45, 2.75) is 18.8 Å². The minimum Gasteiger partial charge on any atom is -0.475 e. The van der Waals surface area contributed by atoms with Crippen molar-refractivity contribution in [2.75, 3.05) is 0 Å². The summed E-state index contributed by atoms with van der Waals surface area (Å²) >= 11 is 0. The number of hydrogen-bond donors (Lipinski definition) is 1. The van der Waals surface area contributed by atoms with Crippen LogP contribution in [0.4, 0.5) is 8.78 Å². The number of hydrogen-bond acceptors (Lipinski definition) is 2. The van der Waals surface area contributed by atoms with Crippen LogP contribution in [0.15, 0.2) is 0 Å². The van der Waals surface area contributed by atoms with Gasteiger partial charge in [-0.3, -0.25) is 4.79 Å². The molecule has 0 unspecified atom stereocenters. The predicted octanol–water partition coefficient (Wildman–Crippen LogP) is 0.685. The first kappa shape index (κ1) is 8.10. The highest BCUT2D eigenvalue weighted by atomic mass is 19.3. The molecule has 0 atom stereocenters. The average Bonchev–Trinajstić information content (AvgIpc) is 1.80. The molecular weight excluding hydrogens is 158 g/mol. The molecular formula is C6H6F2O3. The van der Waals surface area contributed by atoms with Crippen LogP contribution in [-0.2, 0) is 9.59 Å². The van der Waals surface area contributed by atoms with Crippen molar-refractivity contribution in [3.63, 3.8) is 0 Å². The minimum atomic E-state index is -2.82. The van der Waals surface area contributed by atoms with E-state index in [0.29, 0.717) is 0 Å². The lowest BCUT2D eigenvalue weighted by Gasteiger charge is -2.32. The number of carboxylic acids is 1. The highest BCUT2D eigenvalue weighted by molar-refractivity contribution is 6.33. The Hall–Kier alpha value is -1.00. The van der Waals surface area contributed by atoms with Crippen LogP contribution in [0.25, 0.3) is 0 Å². The van der Waals surface area contributed by atoms with E-state index in [9.17, 15) is 18.4 Å². The van der Waals surface area contributed by atoms with Gasteiger partial charge in [0.25, 0.3) is 0 Å². The third kappa shape index (κ3) is 1.53. The van der Waals surface area contributed by atoms with Crippen molar-refractivity contribution in [3.05, 3.63) is 0 Å². The first-order valence-corrected chi connectivity index (χ1v) is 3.07. The van der Waals surface area contributed by atoms with Crippen molar-refractivity contribution in [1.29, 1.82) is 0 Å². The molecule has 1 aliphatic rings. The number of halogens is 2. The molecule has 62 valence electrons. The molecule has 3 nitrogen and oxygen atoms in total. The summed E-state index contributed by atoms with van der Waals surface area (Å²) in [6, 6.07) is 0. The Morgan fingerprint density at radius 3 is 2.09 bits per heavy atom. The summed E-state index contributed by atoms with van der Waals surface area (Å²) in [5.41, 5.74) is 0. The molecule has 0 aliphatic heterocycles. The van der Waals surface area contributed by atoms with Crippen molar-refractivity contribution in [3.8, 4) is 0 Å². The van der Waals surface area contributed by atoms with Gasteiger partial charge in [0.1, 0.15) is 0 Å². The molecule has 1 fully saturated rings. The Kier molecular flexibility index (Phi) is 1.66. The molecule has 1 rings (SSSR count). The Morgan fingerprint density at radius 1 is 1.36 bits per heavy atom. The van der Waals surface area contributed by atoms with E-state index in [1.54, 1.807) is 0 Å². The van der Waals surface area contributed by atoms with Gasteiger partial charge in [0.15, 0.2) is 0 Å². The van der Waals surface area contributed by atoms with Crippen LogP contribution in [0.1, 0.15) is 12.8 Å². The van der Waals surface area contributed by atoms with Crippen LogP contribution in [0.3, 0.4) is 0 Å². The van der Waals surface area contributed by atoms with E-state index in [2.05, 4.69) is 0 Å². The molecule has 1 N–H and O–H groups in total. The van der Waals surface area contributed by atoms with Crippen LogP contribution in [-0.4, -0.2) is 22.8 Å². The molecule has 0 aromatic heterocycles. The molecule has 0 aromatic carbocycles. The fourth-order valence-electron chi connectivity index (χ4n) is 1.02. The summed E-state index contributed by atoms with van der Waals surface area (Å²) in [7, 11) is 0. The summed E-state index contributed by atoms with van der Waals surface area (Å²) in [5.74, 6) is -6.51. The fraction of sp³-hybridized carbons (Fsp3) is 0.667. The minimum absolute atomic E-state index is 0.613. The topological polar surface area (TPSA) is 54.4 Å². The van der Waals surface area contributed by atoms with Crippen LogP contribution in [0.5, 0.6) is 0 Å². The van der Waals surface area contributed by atoms with Gasteiger partial charge in [-0.2, -0.15) is 0 Å². The SMILES string of the molecule is O=C(O)C(=O)C1CC(F)(F)C1. The zero-order valence-corrected chi connectivity index (χ0v) is 5.51. The number of rotatable bonds is 2. The molecule has 0 radical (unpaired) electrons. The third-order valence-electron chi connectivity index (χ3n) is 1.67.